The number of nitrogens with two attached hydrogens (primary N) is 1. The number of ether oxygens (including phenoxy) is 1. The van der Waals surface area contributed by atoms with E-state index in [4.69, 9.17) is 5.73 Å². The molecule has 1 aromatic rings. The summed E-state index contributed by atoms with van der Waals surface area (Å²) < 4.78 is 29.2. The number of benzene rings is 1. The van der Waals surface area contributed by atoms with Crippen LogP contribution in [0.3, 0.4) is 0 Å². The molecule has 0 aromatic heterocycles. The molecule has 1 atom stereocenters. The van der Waals surface area contributed by atoms with Gasteiger partial charge in [0.2, 0.25) is 0 Å². The molecule has 0 saturated heterocycles. The molecule has 114 valence electrons. The van der Waals surface area contributed by atoms with E-state index in [1.54, 1.807) is 18.2 Å². The van der Waals surface area contributed by atoms with Gasteiger partial charge in [-0.05, 0) is 32.0 Å². The molecule has 0 radical (unpaired) electrons. The molecule has 2 N–H and O–H groups in total. The monoisotopic (exact) mass is 286 g/mol. The van der Waals surface area contributed by atoms with Crippen LogP contribution in [0.15, 0.2) is 24.3 Å². The minimum Gasteiger partial charge on any atom is -0.434 e. The number of nitrogens with zero attached hydrogens (tertiary/aromatic N) is 1. The van der Waals surface area contributed by atoms with Crippen LogP contribution in [0.5, 0.6) is 5.75 Å². The fraction of sp³-hybridized carbons (Fsp3) is 0.600. The van der Waals surface area contributed by atoms with Gasteiger partial charge in [-0.25, -0.2) is 0 Å². The fourth-order valence-corrected chi connectivity index (χ4v) is 1.92. The Hall–Kier alpha value is -1.20. The molecule has 0 aliphatic rings. The molecule has 0 fully saturated rings. The predicted molar refractivity (Wildman–Crippen MR) is 76.8 cm³/mol. The average molecular weight is 286 g/mol. The Balaban J connectivity index is 2.55. The first kappa shape index (κ1) is 16.9. The van der Waals surface area contributed by atoms with Crippen molar-refractivity contribution in [2.45, 2.75) is 39.5 Å². The van der Waals surface area contributed by atoms with Gasteiger partial charge in [-0.1, -0.05) is 32.0 Å². The van der Waals surface area contributed by atoms with Crippen LogP contribution in [-0.4, -0.2) is 31.1 Å². The first-order chi connectivity index (χ1) is 9.40. The van der Waals surface area contributed by atoms with E-state index in [1.807, 2.05) is 13.1 Å². The van der Waals surface area contributed by atoms with Crippen LogP contribution in [0.1, 0.15) is 25.8 Å². The topological polar surface area (TPSA) is 38.5 Å². The Morgan fingerprint density at radius 3 is 2.50 bits per heavy atom. The molecule has 1 rings (SSSR count). The quantitative estimate of drug-likeness (QED) is 0.798. The van der Waals surface area contributed by atoms with Gasteiger partial charge in [0.05, 0.1) is 0 Å². The van der Waals surface area contributed by atoms with Crippen LogP contribution in [0, 0.1) is 5.92 Å². The number of hydrogen-bond donors (Lipinski definition) is 1. The van der Waals surface area contributed by atoms with Crippen molar-refractivity contribution in [2.75, 3.05) is 13.6 Å². The summed E-state index contributed by atoms with van der Waals surface area (Å²) in [5.41, 5.74) is 6.76. The Bertz CT molecular complexity index is 399. The summed E-state index contributed by atoms with van der Waals surface area (Å²) >= 11 is 0. The number of alkyl halides is 2. The zero-order valence-electron chi connectivity index (χ0n) is 12.4. The first-order valence-corrected chi connectivity index (χ1v) is 6.87. The van der Waals surface area contributed by atoms with Gasteiger partial charge in [-0.2, -0.15) is 8.78 Å². The predicted octanol–water partition coefficient (Wildman–Crippen LogP) is 3.09. The smallest absolute Gasteiger partial charge is 0.387 e. The van der Waals surface area contributed by atoms with Gasteiger partial charge in [0.15, 0.2) is 0 Å². The summed E-state index contributed by atoms with van der Waals surface area (Å²) in [6.07, 6.45) is 0.881. The maximum Gasteiger partial charge on any atom is 0.387 e. The highest BCUT2D eigenvalue weighted by Crippen LogP contribution is 2.21. The largest absolute Gasteiger partial charge is 0.434 e. The van der Waals surface area contributed by atoms with Gasteiger partial charge in [0.1, 0.15) is 5.75 Å². The summed E-state index contributed by atoms with van der Waals surface area (Å²) in [6, 6.07) is 7.04. The van der Waals surface area contributed by atoms with E-state index >= 15 is 0 Å². The van der Waals surface area contributed by atoms with Gasteiger partial charge in [-0.15, -0.1) is 0 Å². The highest BCUT2D eigenvalue weighted by atomic mass is 19.3. The van der Waals surface area contributed by atoms with Crippen molar-refractivity contribution >= 4 is 0 Å². The second kappa shape index (κ2) is 8.17. The van der Waals surface area contributed by atoms with Gasteiger partial charge in [-0.3, -0.25) is 0 Å². The van der Waals surface area contributed by atoms with Gasteiger partial charge < -0.3 is 15.4 Å². The van der Waals surface area contributed by atoms with Crippen LogP contribution in [0.25, 0.3) is 0 Å². The van der Waals surface area contributed by atoms with Crippen LogP contribution < -0.4 is 10.5 Å². The third-order valence-electron chi connectivity index (χ3n) is 3.33. The molecular weight excluding hydrogens is 262 g/mol. The lowest BCUT2D eigenvalue weighted by Gasteiger charge is -2.22. The minimum atomic E-state index is -2.80. The summed E-state index contributed by atoms with van der Waals surface area (Å²) in [7, 11) is 1.95. The van der Waals surface area contributed by atoms with Crippen molar-refractivity contribution < 1.29 is 13.5 Å². The Morgan fingerprint density at radius 2 is 1.90 bits per heavy atom. The molecule has 20 heavy (non-hydrogen) atoms. The lowest BCUT2D eigenvalue weighted by Crippen LogP contribution is -2.31. The maximum atomic E-state index is 12.3. The second-order valence-corrected chi connectivity index (χ2v) is 5.42. The van der Waals surface area contributed by atoms with Crippen LogP contribution in [0.4, 0.5) is 8.78 Å². The first-order valence-electron chi connectivity index (χ1n) is 6.87. The molecule has 0 aliphatic heterocycles. The van der Waals surface area contributed by atoms with Crippen molar-refractivity contribution in [1.29, 1.82) is 0 Å². The van der Waals surface area contributed by atoms with E-state index in [2.05, 4.69) is 23.5 Å². The highest BCUT2D eigenvalue weighted by Gasteiger charge is 2.12. The van der Waals surface area contributed by atoms with E-state index < -0.39 is 6.61 Å². The third kappa shape index (κ3) is 5.84. The van der Waals surface area contributed by atoms with Crippen molar-refractivity contribution in [1.82, 2.24) is 4.90 Å². The summed E-state index contributed by atoms with van der Waals surface area (Å²) in [5, 5.41) is 0. The summed E-state index contributed by atoms with van der Waals surface area (Å²) in [6.45, 7) is 2.78. The summed E-state index contributed by atoms with van der Waals surface area (Å²) in [5.74, 6) is 0.681. The molecule has 0 heterocycles. The van der Waals surface area contributed by atoms with Crippen LogP contribution in [0.2, 0.25) is 0 Å². The fourth-order valence-electron chi connectivity index (χ4n) is 1.92. The maximum absolute atomic E-state index is 12.3. The molecule has 1 unspecified atom stereocenters. The van der Waals surface area contributed by atoms with E-state index in [-0.39, 0.29) is 11.8 Å². The number of hydrogen-bond acceptors (Lipinski definition) is 3. The molecule has 0 spiro atoms. The number of halogens is 2. The van der Waals surface area contributed by atoms with Crippen molar-refractivity contribution in [2.24, 2.45) is 11.7 Å². The van der Waals surface area contributed by atoms with Gasteiger partial charge in [0, 0.05) is 18.2 Å². The third-order valence-corrected chi connectivity index (χ3v) is 3.33. The van der Waals surface area contributed by atoms with Crippen molar-refractivity contribution in [3.05, 3.63) is 29.8 Å². The summed E-state index contributed by atoms with van der Waals surface area (Å²) in [4.78, 5) is 2.07. The molecule has 5 heteroatoms. The number of rotatable bonds is 8. The highest BCUT2D eigenvalue weighted by molar-refractivity contribution is 5.33. The lowest BCUT2D eigenvalue weighted by molar-refractivity contribution is -0.0507. The SMILES string of the molecule is CC(C)C(N)CCN(C)Cc1ccccc1OC(F)F. The van der Waals surface area contributed by atoms with Gasteiger partial charge >= 0.3 is 6.61 Å². The molecule has 0 aliphatic carbocycles. The standard InChI is InChI=1S/C15H24F2N2O/c1-11(2)13(18)8-9-19(3)10-12-6-4-5-7-14(12)20-15(16)17/h4-7,11,13,15H,8-10,18H2,1-3H3. The second-order valence-electron chi connectivity index (χ2n) is 5.42. The Kier molecular flexibility index (Phi) is 6.88. The molecule has 3 nitrogen and oxygen atoms in total. The van der Waals surface area contributed by atoms with Crippen molar-refractivity contribution in [3.63, 3.8) is 0 Å². The molecule has 0 amide bonds. The van der Waals surface area contributed by atoms with E-state index in [9.17, 15) is 8.78 Å². The Morgan fingerprint density at radius 1 is 1.25 bits per heavy atom. The van der Waals surface area contributed by atoms with Crippen LogP contribution in [-0.2, 0) is 6.54 Å². The molecule has 1 aromatic carbocycles. The molecule has 0 bridgehead atoms. The lowest BCUT2D eigenvalue weighted by atomic mass is 10.0. The molecule has 0 saturated carbocycles. The van der Waals surface area contributed by atoms with Crippen molar-refractivity contribution in [3.8, 4) is 5.75 Å². The average Bonchev–Trinajstić information content (AvgIpc) is 2.37. The molecular formula is C15H24F2N2O. The van der Waals surface area contributed by atoms with Crippen LogP contribution >= 0.6 is 0 Å². The van der Waals surface area contributed by atoms with Gasteiger partial charge in [0.25, 0.3) is 0 Å². The number of para-hydroxylation sites is 1. The Labute approximate surface area is 119 Å². The minimum absolute atomic E-state index is 0.157. The van der Waals surface area contributed by atoms with E-state index in [1.165, 1.54) is 0 Å². The van der Waals surface area contributed by atoms with E-state index in [0.29, 0.717) is 12.5 Å². The normalized spacial score (nSPS) is 13.2. The zero-order chi connectivity index (χ0) is 15.1. The zero-order valence-corrected chi connectivity index (χ0v) is 12.4. The van der Waals surface area contributed by atoms with E-state index in [0.717, 1.165) is 18.5 Å².